The van der Waals surface area contributed by atoms with Crippen LogP contribution in [0.1, 0.15) is 25.0 Å². The molecule has 192 valence electrons. The molecule has 0 spiro atoms. The number of hydrogen-bond donors (Lipinski definition) is 0. The molecule has 10 rings (SSSR count). The average molecular weight is 523 g/mol. The van der Waals surface area contributed by atoms with Gasteiger partial charge in [-0.15, -0.1) is 0 Å². The van der Waals surface area contributed by atoms with Crippen molar-refractivity contribution in [3.05, 3.63) is 132 Å². The van der Waals surface area contributed by atoms with Crippen LogP contribution in [0, 0.1) is 0 Å². The molecule has 41 heavy (non-hydrogen) atoms. The van der Waals surface area contributed by atoms with Crippen LogP contribution in [0.15, 0.2) is 121 Å². The highest BCUT2D eigenvalue weighted by atomic mass is 15.0. The minimum Gasteiger partial charge on any atom is -0.309 e. The van der Waals surface area contributed by atoms with E-state index >= 15 is 0 Å². The van der Waals surface area contributed by atoms with E-state index in [1.807, 2.05) is 0 Å². The molecule has 0 fully saturated rings. The van der Waals surface area contributed by atoms with Gasteiger partial charge in [-0.1, -0.05) is 92.7 Å². The van der Waals surface area contributed by atoms with Crippen LogP contribution in [0.2, 0.25) is 0 Å². The smallest absolute Gasteiger partial charge is 0.0620 e. The van der Waals surface area contributed by atoms with Crippen molar-refractivity contribution in [2.45, 2.75) is 19.3 Å². The van der Waals surface area contributed by atoms with Crippen LogP contribution in [-0.4, -0.2) is 8.97 Å². The van der Waals surface area contributed by atoms with Crippen molar-refractivity contribution < 1.29 is 0 Å². The second-order valence-corrected chi connectivity index (χ2v) is 12.2. The summed E-state index contributed by atoms with van der Waals surface area (Å²) in [5, 5.41) is 7.88. The van der Waals surface area contributed by atoms with Crippen molar-refractivity contribution in [3.63, 3.8) is 0 Å². The maximum atomic E-state index is 2.51. The zero-order chi connectivity index (χ0) is 27.0. The highest BCUT2D eigenvalue weighted by molar-refractivity contribution is 6.24. The summed E-state index contributed by atoms with van der Waals surface area (Å²) in [6, 6.07) is 45.2. The van der Waals surface area contributed by atoms with Gasteiger partial charge in [0.1, 0.15) is 0 Å². The molecule has 0 saturated carbocycles. The van der Waals surface area contributed by atoms with E-state index in [-0.39, 0.29) is 5.41 Å². The Morgan fingerprint density at radius 1 is 0.439 bits per heavy atom. The average Bonchev–Trinajstić information content (AvgIpc) is 3.70. The van der Waals surface area contributed by atoms with E-state index in [0.29, 0.717) is 0 Å². The van der Waals surface area contributed by atoms with Crippen LogP contribution in [0.4, 0.5) is 0 Å². The van der Waals surface area contributed by atoms with Gasteiger partial charge in [-0.2, -0.15) is 0 Å². The van der Waals surface area contributed by atoms with E-state index in [1.54, 1.807) is 0 Å². The van der Waals surface area contributed by atoms with E-state index in [2.05, 4.69) is 144 Å². The lowest BCUT2D eigenvalue weighted by Crippen LogP contribution is -2.14. The Hall–Kier alpha value is -5.08. The minimum absolute atomic E-state index is 0.00854. The molecule has 3 aromatic heterocycles. The Balaban J connectivity index is 1.31. The molecule has 1 aliphatic carbocycles. The van der Waals surface area contributed by atoms with Gasteiger partial charge < -0.3 is 8.97 Å². The van der Waals surface area contributed by atoms with Gasteiger partial charge in [-0.05, 0) is 64.7 Å². The van der Waals surface area contributed by atoms with Gasteiger partial charge in [0.15, 0.2) is 0 Å². The lowest BCUT2D eigenvalue weighted by Gasteiger charge is -2.21. The fraction of sp³-hybridized carbons (Fsp3) is 0.0769. The van der Waals surface area contributed by atoms with Crippen molar-refractivity contribution in [3.8, 4) is 16.8 Å². The van der Waals surface area contributed by atoms with E-state index < -0.39 is 0 Å². The maximum absolute atomic E-state index is 2.51. The Morgan fingerprint density at radius 2 is 1.07 bits per heavy atom. The Labute approximate surface area is 237 Å². The number of nitrogens with zero attached hydrogens (tertiary/aromatic N) is 2. The Morgan fingerprint density at radius 3 is 1.83 bits per heavy atom. The zero-order valence-corrected chi connectivity index (χ0v) is 22.9. The summed E-state index contributed by atoms with van der Waals surface area (Å²) in [6.45, 7) is 4.73. The van der Waals surface area contributed by atoms with E-state index in [9.17, 15) is 0 Å². The zero-order valence-electron chi connectivity index (χ0n) is 22.9. The molecule has 9 aromatic rings. The number of rotatable bonds is 1. The number of benzene rings is 6. The third-order valence-corrected chi connectivity index (χ3v) is 9.84. The summed E-state index contributed by atoms with van der Waals surface area (Å²) in [5.74, 6) is 0. The van der Waals surface area contributed by atoms with Crippen molar-refractivity contribution >= 4 is 59.9 Å². The fourth-order valence-electron chi connectivity index (χ4n) is 8.00. The van der Waals surface area contributed by atoms with Gasteiger partial charge in [-0.3, -0.25) is 0 Å². The molecule has 0 aliphatic heterocycles. The molecule has 6 aromatic carbocycles. The molecule has 0 unspecified atom stereocenters. The normalized spacial score (nSPS) is 14.3. The Bertz CT molecular complexity index is 2500. The summed E-state index contributed by atoms with van der Waals surface area (Å²) in [7, 11) is 0. The van der Waals surface area contributed by atoms with Gasteiger partial charge >= 0.3 is 0 Å². The largest absolute Gasteiger partial charge is 0.309 e. The van der Waals surface area contributed by atoms with Gasteiger partial charge in [0.25, 0.3) is 0 Å². The van der Waals surface area contributed by atoms with Crippen LogP contribution < -0.4 is 0 Å². The Kier molecular flexibility index (Phi) is 3.79. The van der Waals surface area contributed by atoms with Gasteiger partial charge in [0.2, 0.25) is 0 Å². The van der Waals surface area contributed by atoms with Crippen LogP contribution in [0.3, 0.4) is 0 Å². The molecular formula is C39H26N2. The molecule has 2 heteroatoms. The first kappa shape index (κ1) is 21.7. The van der Waals surface area contributed by atoms with Gasteiger partial charge in [-0.25, -0.2) is 0 Å². The molecular weight excluding hydrogens is 496 g/mol. The molecule has 0 saturated heterocycles. The van der Waals surface area contributed by atoms with Crippen molar-refractivity contribution in [1.29, 1.82) is 0 Å². The number of aromatic nitrogens is 2. The standard InChI is InChI=1S/C39H26N2/c1-39(2)32-15-6-3-10-24(32)29-22-37-31(21-33(29)39)28-14-9-13-27-30-20-23(18-19-36(30)41(37)38(27)28)40-34-16-7-4-11-25(34)26-12-5-8-17-35(26)40/h3-22H,1-2H3. The summed E-state index contributed by atoms with van der Waals surface area (Å²) in [6.07, 6.45) is 0. The third kappa shape index (κ3) is 2.50. The van der Waals surface area contributed by atoms with Crippen molar-refractivity contribution in [2.75, 3.05) is 0 Å². The lowest BCUT2D eigenvalue weighted by molar-refractivity contribution is 0.661. The first-order chi connectivity index (χ1) is 20.1. The summed E-state index contributed by atoms with van der Waals surface area (Å²) in [4.78, 5) is 0. The molecule has 0 radical (unpaired) electrons. The minimum atomic E-state index is -0.00854. The van der Waals surface area contributed by atoms with Crippen LogP contribution in [-0.2, 0) is 5.41 Å². The molecule has 0 amide bonds. The van der Waals surface area contributed by atoms with Crippen LogP contribution in [0.25, 0.3) is 76.7 Å². The monoisotopic (exact) mass is 522 g/mol. The molecule has 0 N–H and O–H groups in total. The van der Waals surface area contributed by atoms with Crippen LogP contribution >= 0.6 is 0 Å². The molecule has 0 bridgehead atoms. The number of hydrogen-bond acceptors (Lipinski definition) is 0. The summed E-state index contributed by atoms with van der Waals surface area (Å²) < 4.78 is 4.93. The first-order valence-electron chi connectivity index (χ1n) is 14.5. The summed E-state index contributed by atoms with van der Waals surface area (Å²) >= 11 is 0. The second kappa shape index (κ2) is 7.16. The highest BCUT2D eigenvalue weighted by Crippen LogP contribution is 2.51. The summed E-state index contributed by atoms with van der Waals surface area (Å²) in [5.41, 5.74) is 13.1. The van der Waals surface area contributed by atoms with E-state index in [1.165, 1.54) is 87.8 Å². The first-order valence-corrected chi connectivity index (χ1v) is 14.5. The number of para-hydroxylation sites is 3. The SMILES string of the molecule is CC1(C)c2ccccc2-c2cc3c(cc21)c1cccc2c4cc(-n5c6ccccc6c6ccccc65)ccc4n3c21. The number of fused-ring (bicyclic) bond motifs is 12. The van der Waals surface area contributed by atoms with Crippen molar-refractivity contribution in [1.82, 2.24) is 8.97 Å². The molecule has 2 nitrogen and oxygen atoms in total. The van der Waals surface area contributed by atoms with Crippen LogP contribution in [0.5, 0.6) is 0 Å². The molecule has 3 heterocycles. The quantitative estimate of drug-likeness (QED) is 0.203. The lowest BCUT2D eigenvalue weighted by atomic mass is 9.82. The topological polar surface area (TPSA) is 9.34 Å². The van der Waals surface area contributed by atoms with E-state index in [4.69, 9.17) is 0 Å². The van der Waals surface area contributed by atoms with Gasteiger partial charge in [0, 0.05) is 43.4 Å². The highest BCUT2D eigenvalue weighted by Gasteiger charge is 2.36. The third-order valence-electron chi connectivity index (χ3n) is 9.84. The predicted octanol–water partition coefficient (Wildman–Crippen LogP) is 10.2. The maximum Gasteiger partial charge on any atom is 0.0620 e. The van der Waals surface area contributed by atoms with Gasteiger partial charge in [0.05, 0.1) is 27.6 Å². The van der Waals surface area contributed by atoms with E-state index in [0.717, 1.165) is 0 Å². The van der Waals surface area contributed by atoms with Crippen molar-refractivity contribution in [2.24, 2.45) is 0 Å². The molecule has 1 aliphatic rings. The molecule has 0 atom stereocenters. The predicted molar refractivity (Wildman–Crippen MR) is 173 cm³/mol. The fourth-order valence-corrected chi connectivity index (χ4v) is 8.00. The second-order valence-electron chi connectivity index (χ2n) is 12.2.